The molecular formula is C19H34N4O. The summed E-state index contributed by atoms with van der Waals surface area (Å²) < 4.78 is 2.06. The summed E-state index contributed by atoms with van der Waals surface area (Å²) in [6.45, 7) is 13.4. The summed E-state index contributed by atoms with van der Waals surface area (Å²) >= 11 is 0. The summed E-state index contributed by atoms with van der Waals surface area (Å²) in [5.74, 6) is 1.37. The number of aryl methyl sites for hydroxylation is 1. The van der Waals surface area contributed by atoms with Gasteiger partial charge in [-0.05, 0) is 39.8 Å². The molecule has 1 aliphatic rings. The van der Waals surface area contributed by atoms with E-state index in [0.717, 1.165) is 43.0 Å². The summed E-state index contributed by atoms with van der Waals surface area (Å²) in [4.78, 5) is 17.2. The van der Waals surface area contributed by atoms with Gasteiger partial charge in [0.15, 0.2) is 0 Å². The minimum Gasteiger partial charge on any atom is -0.340 e. The largest absolute Gasteiger partial charge is 0.340 e. The van der Waals surface area contributed by atoms with Crippen LogP contribution >= 0.6 is 0 Å². The Kier molecular flexibility index (Phi) is 6.07. The maximum absolute atomic E-state index is 12.9. The molecule has 0 aliphatic carbocycles. The zero-order valence-corrected chi connectivity index (χ0v) is 16.5. The van der Waals surface area contributed by atoms with Crippen LogP contribution in [-0.4, -0.2) is 58.7 Å². The Hall–Kier alpha value is -1.36. The van der Waals surface area contributed by atoms with Crippen molar-refractivity contribution in [3.8, 4) is 0 Å². The molecule has 5 nitrogen and oxygen atoms in total. The van der Waals surface area contributed by atoms with Crippen LogP contribution in [0, 0.1) is 25.7 Å². The van der Waals surface area contributed by atoms with Crippen molar-refractivity contribution < 1.29 is 4.79 Å². The monoisotopic (exact) mass is 334 g/mol. The molecule has 1 aromatic heterocycles. The van der Waals surface area contributed by atoms with Crippen molar-refractivity contribution in [1.82, 2.24) is 19.6 Å². The van der Waals surface area contributed by atoms with Crippen LogP contribution in [0.5, 0.6) is 0 Å². The predicted octanol–water partition coefficient (Wildman–Crippen LogP) is 2.50. The van der Waals surface area contributed by atoms with E-state index >= 15 is 0 Å². The van der Waals surface area contributed by atoms with Crippen LogP contribution in [0.3, 0.4) is 0 Å². The molecule has 2 atom stereocenters. The SMILES string of the molecule is CC[C@H]1CN(C(=O)Cc2c(C)nn(CC(C)C)c2C)C[C@H]1N(C)C. The van der Waals surface area contributed by atoms with Gasteiger partial charge >= 0.3 is 0 Å². The van der Waals surface area contributed by atoms with E-state index in [-0.39, 0.29) is 5.91 Å². The molecule has 0 bridgehead atoms. The maximum atomic E-state index is 12.9. The Balaban J connectivity index is 2.09. The first-order chi connectivity index (χ1) is 11.2. The second-order valence-electron chi connectivity index (χ2n) is 7.90. The molecule has 136 valence electrons. The predicted molar refractivity (Wildman–Crippen MR) is 98.1 cm³/mol. The Morgan fingerprint density at radius 1 is 1.29 bits per heavy atom. The molecule has 24 heavy (non-hydrogen) atoms. The lowest BCUT2D eigenvalue weighted by atomic mass is 10.0. The summed E-state index contributed by atoms with van der Waals surface area (Å²) in [6.07, 6.45) is 1.60. The molecule has 0 radical (unpaired) electrons. The molecule has 1 saturated heterocycles. The van der Waals surface area contributed by atoms with Crippen LogP contribution in [0.25, 0.3) is 0 Å². The van der Waals surface area contributed by atoms with Crippen LogP contribution in [0.1, 0.15) is 44.1 Å². The molecule has 0 unspecified atom stereocenters. The second-order valence-corrected chi connectivity index (χ2v) is 7.90. The standard InChI is InChI=1S/C19H34N4O/c1-8-16-11-22(12-18(16)21(6)7)19(24)9-17-14(4)20-23(15(17)5)10-13(2)3/h13,16,18H,8-12H2,1-7H3/t16-,18+/m0/s1. The highest BCUT2D eigenvalue weighted by atomic mass is 16.2. The zero-order valence-electron chi connectivity index (χ0n) is 16.5. The van der Waals surface area contributed by atoms with Crippen LogP contribution in [0.2, 0.25) is 0 Å². The van der Waals surface area contributed by atoms with E-state index in [9.17, 15) is 4.79 Å². The lowest BCUT2D eigenvalue weighted by Gasteiger charge is -2.23. The molecule has 1 amide bonds. The lowest BCUT2D eigenvalue weighted by Crippen LogP contribution is -2.36. The van der Waals surface area contributed by atoms with E-state index in [1.807, 2.05) is 6.92 Å². The lowest BCUT2D eigenvalue weighted by molar-refractivity contribution is -0.129. The third-order valence-electron chi connectivity index (χ3n) is 5.34. The number of carbonyl (C=O) groups is 1. The van der Waals surface area contributed by atoms with Crippen LogP contribution in [-0.2, 0) is 17.8 Å². The minimum absolute atomic E-state index is 0.244. The normalized spacial score (nSPS) is 21.3. The summed E-state index contributed by atoms with van der Waals surface area (Å²) in [5.41, 5.74) is 3.25. The molecule has 0 aromatic carbocycles. The summed E-state index contributed by atoms with van der Waals surface area (Å²) in [6, 6.07) is 0.477. The molecule has 0 spiro atoms. The third kappa shape index (κ3) is 4.00. The van der Waals surface area contributed by atoms with Gasteiger partial charge in [0.25, 0.3) is 0 Å². The number of likely N-dealkylation sites (N-methyl/N-ethyl adjacent to an activating group) is 1. The Bertz CT molecular complexity index is 576. The van der Waals surface area contributed by atoms with Gasteiger partial charge < -0.3 is 9.80 Å². The molecule has 5 heteroatoms. The maximum Gasteiger partial charge on any atom is 0.227 e. The average molecular weight is 335 g/mol. The number of hydrogen-bond acceptors (Lipinski definition) is 3. The van der Waals surface area contributed by atoms with E-state index in [1.165, 1.54) is 0 Å². The highest BCUT2D eigenvalue weighted by Crippen LogP contribution is 2.25. The van der Waals surface area contributed by atoms with Crippen molar-refractivity contribution in [2.45, 2.75) is 60.0 Å². The van der Waals surface area contributed by atoms with Gasteiger partial charge in [-0.2, -0.15) is 5.10 Å². The molecule has 0 saturated carbocycles. The molecule has 0 N–H and O–H groups in total. The van der Waals surface area contributed by atoms with Gasteiger partial charge in [-0.3, -0.25) is 9.48 Å². The van der Waals surface area contributed by atoms with Gasteiger partial charge in [0.2, 0.25) is 5.91 Å². The van der Waals surface area contributed by atoms with E-state index in [4.69, 9.17) is 0 Å². The van der Waals surface area contributed by atoms with Crippen LogP contribution < -0.4 is 0 Å². The van der Waals surface area contributed by atoms with Crippen molar-refractivity contribution in [2.75, 3.05) is 27.2 Å². The van der Waals surface area contributed by atoms with Crippen molar-refractivity contribution >= 4 is 5.91 Å². The van der Waals surface area contributed by atoms with Crippen molar-refractivity contribution in [3.63, 3.8) is 0 Å². The molecule has 1 aromatic rings. The quantitative estimate of drug-likeness (QED) is 0.803. The van der Waals surface area contributed by atoms with Gasteiger partial charge in [0.05, 0.1) is 12.1 Å². The van der Waals surface area contributed by atoms with Gasteiger partial charge in [0.1, 0.15) is 0 Å². The fourth-order valence-corrected chi connectivity index (χ4v) is 3.82. The Morgan fingerprint density at radius 2 is 1.96 bits per heavy atom. The number of nitrogens with zero attached hydrogens (tertiary/aromatic N) is 4. The van der Waals surface area contributed by atoms with Gasteiger partial charge in [-0.15, -0.1) is 0 Å². The first-order valence-corrected chi connectivity index (χ1v) is 9.21. The van der Waals surface area contributed by atoms with E-state index in [0.29, 0.717) is 24.3 Å². The summed E-state index contributed by atoms with van der Waals surface area (Å²) in [5, 5.41) is 4.64. The van der Waals surface area contributed by atoms with Crippen molar-refractivity contribution in [3.05, 3.63) is 17.0 Å². The Labute approximate surface area is 147 Å². The fraction of sp³-hybridized carbons (Fsp3) is 0.789. The van der Waals surface area contributed by atoms with Crippen LogP contribution in [0.15, 0.2) is 0 Å². The molecular weight excluding hydrogens is 300 g/mol. The average Bonchev–Trinajstić information content (AvgIpc) is 3.04. The zero-order chi connectivity index (χ0) is 18.0. The molecule has 2 heterocycles. The first kappa shape index (κ1) is 19.0. The molecule has 1 aliphatic heterocycles. The number of rotatable bonds is 6. The number of hydrogen-bond donors (Lipinski definition) is 0. The van der Waals surface area contributed by atoms with Gasteiger partial charge in [-0.1, -0.05) is 27.2 Å². The second kappa shape index (κ2) is 7.68. The Morgan fingerprint density at radius 3 is 2.46 bits per heavy atom. The van der Waals surface area contributed by atoms with Crippen molar-refractivity contribution in [2.24, 2.45) is 11.8 Å². The van der Waals surface area contributed by atoms with E-state index in [2.05, 4.69) is 61.4 Å². The molecule has 1 fully saturated rings. The number of aromatic nitrogens is 2. The number of amides is 1. The topological polar surface area (TPSA) is 41.4 Å². The van der Waals surface area contributed by atoms with Gasteiger partial charge in [0, 0.05) is 36.9 Å². The molecule has 2 rings (SSSR count). The number of carbonyl (C=O) groups excluding carboxylic acids is 1. The highest BCUT2D eigenvalue weighted by molar-refractivity contribution is 5.79. The first-order valence-electron chi connectivity index (χ1n) is 9.21. The van der Waals surface area contributed by atoms with E-state index < -0.39 is 0 Å². The third-order valence-corrected chi connectivity index (χ3v) is 5.34. The van der Waals surface area contributed by atoms with E-state index in [1.54, 1.807) is 0 Å². The fourth-order valence-electron chi connectivity index (χ4n) is 3.82. The van der Waals surface area contributed by atoms with Gasteiger partial charge in [-0.25, -0.2) is 0 Å². The van der Waals surface area contributed by atoms with Crippen LogP contribution in [0.4, 0.5) is 0 Å². The smallest absolute Gasteiger partial charge is 0.227 e. The minimum atomic E-state index is 0.244. The van der Waals surface area contributed by atoms with Crippen molar-refractivity contribution in [1.29, 1.82) is 0 Å². The highest BCUT2D eigenvalue weighted by Gasteiger charge is 2.35. The summed E-state index contributed by atoms with van der Waals surface area (Å²) in [7, 11) is 4.23. The number of likely N-dealkylation sites (tertiary alicyclic amines) is 1.